The lowest BCUT2D eigenvalue weighted by Crippen LogP contribution is -2.68. The van der Waals surface area contributed by atoms with Crippen LogP contribution in [0.4, 0.5) is 9.59 Å². The summed E-state index contributed by atoms with van der Waals surface area (Å²) in [7, 11) is 0. The summed E-state index contributed by atoms with van der Waals surface area (Å²) in [5, 5.41) is 70.1. The van der Waals surface area contributed by atoms with Gasteiger partial charge in [-0.2, -0.15) is 0 Å². The van der Waals surface area contributed by atoms with Gasteiger partial charge in [-0.05, 0) is 0 Å². The van der Waals surface area contributed by atoms with Crippen molar-refractivity contribution >= 4 is 36.3 Å². The highest BCUT2D eigenvalue weighted by Gasteiger charge is 2.57. The SMILES string of the molecule is NC1([C@@H]2O[C@H](CO)[C@@H](O)[C@H]2O)C=NC(=O)NC1=O.O=C1N=CC(O)([C@@H]2O[C@H](CO)[C@@H](O)[C@H]2O)C(=O)N1. The quantitative estimate of drug-likeness (QED) is 0.165. The van der Waals surface area contributed by atoms with Crippen molar-refractivity contribution in [3.8, 4) is 0 Å². The summed E-state index contributed by atoms with van der Waals surface area (Å²) in [4.78, 5) is 51.4. The van der Waals surface area contributed by atoms with E-state index in [-0.39, 0.29) is 0 Å². The van der Waals surface area contributed by atoms with Gasteiger partial charge in [0, 0.05) is 6.21 Å². The monoisotopic (exact) mass is 519 g/mol. The van der Waals surface area contributed by atoms with E-state index >= 15 is 0 Å². The number of aliphatic imine (C=N–C) groups is 2. The molecule has 4 heterocycles. The number of aliphatic hydroxyl groups excluding tert-OH is 6. The number of amides is 6. The van der Waals surface area contributed by atoms with Gasteiger partial charge in [0.2, 0.25) is 5.60 Å². The number of nitrogens with zero attached hydrogens (tertiary/aromatic N) is 2. The lowest BCUT2D eigenvalue weighted by Gasteiger charge is -2.32. The van der Waals surface area contributed by atoms with E-state index in [1.165, 1.54) is 0 Å². The molecule has 0 spiro atoms. The second-order valence-electron chi connectivity index (χ2n) is 8.31. The number of imide groups is 2. The first-order valence-corrected chi connectivity index (χ1v) is 10.4. The molecule has 11 N–H and O–H groups in total. The predicted molar refractivity (Wildman–Crippen MR) is 111 cm³/mol. The molecule has 4 aliphatic rings. The summed E-state index contributed by atoms with van der Waals surface area (Å²) in [6, 6.07) is -1.82. The van der Waals surface area contributed by atoms with E-state index in [4.69, 9.17) is 25.4 Å². The van der Waals surface area contributed by atoms with Gasteiger partial charge in [0.15, 0.2) is 5.54 Å². The molecule has 36 heavy (non-hydrogen) atoms. The molecule has 0 aromatic heterocycles. The van der Waals surface area contributed by atoms with Gasteiger partial charge in [-0.3, -0.25) is 20.2 Å². The number of aliphatic hydroxyl groups is 7. The molecule has 18 heteroatoms. The number of carbonyl (C=O) groups is 4. The number of hydrogen-bond acceptors (Lipinski definition) is 14. The summed E-state index contributed by atoms with van der Waals surface area (Å²) < 4.78 is 10.2. The molecule has 200 valence electrons. The summed E-state index contributed by atoms with van der Waals surface area (Å²) >= 11 is 0. The fourth-order valence-corrected chi connectivity index (χ4v) is 3.87. The first-order chi connectivity index (χ1) is 16.8. The average Bonchev–Trinajstić information content (AvgIpc) is 3.30. The van der Waals surface area contributed by atoms with Crippen LogP contribution in [0.5, 0.6) is 0 Å². The van der Waals surface area contributed by atoms with Crippen molar-refractivity contribution in [1.82, 2.24) is 10.6 Å². The molecular formula is C18H25N5O13. The maximum atomic E-state index is 11.7. The Kier molecular flexibility index (Phi) is 7.95. The van der Waals surface area contributed by atoms with Gasteiger partial charge in [0.05, 0.1) is 19.4 Å². The number of rotatable bonds is 4. The number of hydrogen-bond donors (Lipinski definition) is 10. The normalized spacial score (nSPS) is 44.2. The Hall–Kier alpha value is -2.78. The van der Waals surface area contributed by atoms with E-state index in [2.05, 4.69) is 9.98 Å². The fourth-order valence-electron chi connectivity index (χ4n) is 3.87. The molecule has 18 nitrogen and oxygen atoms in total. The highest BCUT2D eigenvalue weighted by atomic mass is 16.6. The maximum Gasteiger partial charge on any atom is 0.347 e. The van der Waals surface area contributed by atoms with Crippen LogP contribution in [0.25, 0.3) is 0 Å². The molecule has 2 unspecified atom stereocenters. The Morgan fingerprint density at radius 3 is 1.67 bits per heavy atom. The molecule has 0 bridgehead atoms. The highest BCUT2D eigenvalue weighted by molar-refractivity contribution is 6.16. The van der Waals surface area contributed by atoms with Gasteiger partial charge in [0.1, 0.15) is 48.8 Å². The molecule has 0 saturated carbocycles. The molecule has 0 radical (unpaired) electrons. The second-order valence-corrected chi connectivity index (χ2v) is 8.31. The van der Waals surface area contributed by atoms with Gasteiger partial charge in [-0.15, -0.1) is 0 Å². The van der Waals surface area contributed by atoms with Crippen LogP contribution in [0, 0.1) is 0 Å². The maximum absolute atomic E-state index is 11.7. The van der Waals surface area contributed by atoms with Crippen LogP contribution in [0.3, 0.4) is 0 Å². The Balaban J connectivity index is 0.000000201. The van der Waals surface area contributed by atoms with E-state index in [1.54, 1.807) is 5.32 Å². The van der Waals surface area contributed by atoms with Crippen LogP contribution in [-0.2, 0) is 19.1 Å². The van der Waals surface area contributed by atoms with Crippen LogP contribution >= 0.6 is 0 Å². The lowest BCUT2D eigenvalue weighted by molar-refractivity contribution is -0.150. The Morgan fingerprint density at radius 1 is 0.778 bits per heavy atom. The number of nitrogens with two attached hydrogens (primary N) is 1. The lowest BCUT2D eigenvalue weighted by atomic mass is 9.88. The zero-order chi connectivity index (χ0) is 27.0. The molecule has 4 aliphatic heterocycles. The van der Waals surface area contributed by atoms with Crippen LogP contribution in [0.15, 0.2) is 9.98 Å². The average molecular weight is 519 g/mol. The van der Waals surface area contributed by atoms with Gasteiger partial charge in [0.25, 0.3) is 11.8 Å². The Labute approximate surface area is 201 Å². The largest absolute Gasteiger partial charge is 0.394 e. The van der Waals surface area contributed by atoms with Crippen molar-refractivity contribution in [2.75, 3.05) is 13.2 Å². The smallest absolute Gasteiger partial charge is 0.347 e. The van der Waals surface area contributed by atoms with Crippen molar-refractivity contribution in [2.45, 2.75) is 60.0 Å². The van der Waals surface area contributed by atoms with Crippen molar-refractivity contribution in [1.29, 1.82) is 0 Å². The minimum Gasteiger partial charge on any atom is -0.394 e. The van der Waals surface area contributed by atoms with Crippen LogP contribution in [-0.4, -0.2) is 145 Å². The van der Waals surface area contributed by atoms with Crippen LogP contribution in [0.2, 0.25) is 0 Å². The topological polar surface area (TPSA) is 303 Å². The first-order valence-electron chi connectivity index (χ1n) is 10.4. The van der Waals surface area contributed by atoms with Crippen LogP contribution in [0.1, 0.15) is 0 Å². The molecule has 4 rings (SSSR count). The standard InChI is InChI=1S/C9H13N3O6.C9H12N2O7/c10-9(2-11-8(17)12-7(9)16)6-5(15)4(14)3(1-13)18-6;12-1-3-4(13)5(14)6(18-3)9(17)2-10-8(16)11-7(9)15/h2-6,13-15H,1,10H2,(H,12,16,17);2-6,12-14,17H,1H2,(H,11,15,16)/t2*3-,4-,5-,6-,9?/m11/s1. The molecule has 0 aromatic rings. The Bertz CT molecular complexity index is 901. The summed E-state index contributed by atoms with van der Waals surface area (Å²) in [6.07, 6.45) is -9.40. The fraction of sp³-hybridized carbons (Fsp3) is 0.667. The van der Waals surface area contributed by atoms with Gasteiger partial charge in [-0.25, -0.2) is 19.6 Å². The van der Waals surface area contributed by atoms with E-state index in [1.807, 2.05) is 5.32 Å². The summed E-state index contributed by atoms with van der Waals surface area (Å²) in [5.41, 5.74) is 1.49. The molecule has 10 atom stereocenters. The van der Waals surface area contributed by atoms with Crippen molar-refractivity contribution < 1.29 is 64.4 Å². The third-order valence-electron chi connectivity index (χ3n) is 5.96. The predicted octanol–water partition coefficient (Wildman–Crippen LogP) is -6.99. The molecular weight excluding hydrogens is 494 g/mol. The molecule has 0 aromatic carbocycles. The van der Waals surface area contributed by atoms with Crippen molar-refractivity contribution in [2.24, 2.45) is 15.7 Å². The van der Waals surface area contributed by atoms with Crippen molar-refractivity contribution in [3.05, 3.63) is 0 Å². The third-order valence-corrected chi connectivity index (χ3v) is 5.96. The zero-order valence-corrected chi connectivity index (χ0v) is 18.2. The van der Waals surface area contributed by atoms with E-state index < -0.39 is 97.1 Å². The number of nitrogens with one attached hydrogen (secondary N) is 2. The van der Waals surface area contributed by atoms with Crippen LogP contribution < -0.4 is 16.4 Å². The molecule has 2 fully saturated rings. The molecule has 2 saturated heterocycles. The van der Waals surface area contributed by atoms with Gasteiger partial charge in [-0.1, -0.05) is 0 Å². The van der Waals surface area contributed by atoms with Gasteiger partial charge < -0.3 is 51.0 Å². The first kappa shape index (κ1) is 27.8. The molecule has 0 aliphatic carbocycles. The second kappa shape index (κ2) is 10.3. The highest BCUT2D eigenvalue weighted by Crippen LogP contribution is 2.30. The number of carbonyl (C=O) groups excluding carboxylic acids is 4. The van der Waals surface area contributed by atoms with Gasteiger partial charge >= 0.3 is 12.1 Å². The number of urea groups is 2. The third kappa shape index (κ3) is 4.78. The zero-order valence-electron chi connectivity index (χ0n) is 18.2. The van der Waals surface area contributed by atoms with E-state index in [9.17, 15) is 44.7 Å². The van der Waals surface area contributed by atoms with Crippen molar-refractivity contribution in [3.63, 3.8) is 0 Å². The Morgan fingerprint density at radius 2 is 1.22 bits per heavy atom. The minimum absolute atomic E-state index is 0.539. The summed E-state index contributed by atoms with van der Waals surface area (Å²) in [5.74, 6) is -2.00. The van der Waals surface area contributed by atoms with E-state index in [0.29, 0.717) is 6.21 Å². The van der Waals surface area contributed by atoms with E-state index in [0.717, 1.165) is 6.21 Å². The number of ether oxygens (including phenoxy) is 2. The molecule has 6 amide bonds. The summed E-state index contributed by atoms with van der Waals surface area (Å²) in [6.45, 7) is -1.13. The minimum atomic E-state index is -2.38.